The quantitative estimate of drug-likeness (QED) is 0.526. The molecule has 1 aromatic rings. The van der Waals surface area contributed by atoms with Gasteiger partial charge in [-0.15, -0.1) is 0 Å². The van der Waals surface area contributed by atoms with Crippen molar-refractivity contribution in [2.45, 2.75) is 31.8 Å². The summed E-state index contributed by atoms with van der Waals surface area (Å²) in [5.41, 5.74) is 2.42. The zero-order chi connectivity index (χ0) is 11.9. The van der Waals surface area contributed by atoms with Gasteiger partial charge in [0.1, 0.15) is 5.82 Å². The number of anilines is 2. The first-order valence-corrected chi connectivity index (χ1v) is 6.03. The van der Waals surface area contributed by atoms with E-state index in [0.717, 1.165) is 25.4 Å². The topological polar surface area (TPSA) is 85.1 Å². The first-order valence-electron chi connectivity index (χ1n) is 6.03. The number of nitrogens with two attached hydrogens (primary N) is 1. The van der Waals surface area contributed by atoms with Gasteiger partial charge in [-0.1, -0.05) is 0 Å². The van der Waals surface area contributed by atoms with Crippen molar-refractivity contribution in [2.75, 3.05) is 23.9 Å². The molecule has 1 saturated heterocycles. The molecule has 0 aliphatic carbocycles. The van der Waals surface area contributed by atoms with Gasteiger partial charge >= 0.3 is 0 Å². The third-order valence-electron chi connectivity index (χ3n) is 2.83. The van der Waals surface area contributed by atoms with Crippen molar-refractivity contribution in [1.82, 2.24) is 9.97 Å². The molecule has 2 rings (SSSR count). The maximum Gasteiger partial charge on any atom is 0.239 e. The van der Waals surface area contributed by atoms with Crippen LogP contribution in [0.3, 0.4) is 0 Å². The minimum absolute atomic E-state index is 0.394. The van der Waals surface area contributed by atoms with Crippen molar-refractivity contribution in [3.05, 3.63) is 12.3 Å². The zero-order valence-electron chi connectivity index (χ0n) is 9.85. The minimum Gasteiger partial charge on any atom is -0.378 e. The molecule has 0 aromatic carbocycles. The summed E-state index contributed by atoms with van der Waals surface area (Å²) >= 11 is 0. The Hall–Kier alpha value is -1.40. The molecule has 6 heteroatoms. The summed E-state index contributed by atoms with van der Waals surface area (Å²) in [7, 11) is 0. The minimum atomic E-state index is 0.394. The van der Waals surface area contributed by atoms with Crippen LogP contribution in [0.15, 0.2) is 12.3 Å². The zero-order valence-corrected chi connectivity index (χ0v) is 9.85. The normalized spacial score (nSPS) is 19.9. The van der Waals surface area contributed by atoms with E-state index in [9.17, 15) is 0 Å². The molecule has 6 nitrogen and oxygen atoms in total. The molecule has 17 heavy (non-hydrogen) atoms. The molecule has 0 saturated carbocycles. The summed E-state index contributed by atoms with van der Waals surface area (Å²) < 4.78 is 5.66. The van der Waals surface area contributed by atoms with E-state index < -0.39 is 0 Å². The number of aromatic nitrogens is 2. The molecule has 0 amide bonds. The van der Waals surface area contributed by atoms with Gasteiger partial charge in [0, 0.05) is 19.3 Å². The van der Waals surface area contributed by atoms with Gasteiger partial charge in [0.25, 0.3) is 0 Å². The Morgan fingerprint density at radius 1 is 1.47 bits per heavy atom. The summed E-state index contributed by atoms with van der Waals surface area (Å²) in [5, 5.41) is 3.24. The van der Waals surface area contributed by atoms with E-state index in [2.05, 4.69) is 20.7 Å². The summed E-state index contributed by atoms with van der Waals surface area (Å²) in [6.45, 7) is 1.76. The van der Waals surface area contributed by atoms with Gasteiger partial charge < -0.3 is 10.1 Å². The highest BCUT2D eigenvalue weighted by molar-refractivity contribution is 5.38. The second-order valence-electron chi connectivity index (χ2n) is 4.11. The largest absolute Gasteiger partial charge is 0.378 e. The number of nitrogens with zero attached hydrogens (tertiary/aromatic N) is 2. The lowest BCUT2D eigenvalue weighted by atomic mass is 10.1. The molecule has 0 spiro atoms. The molecular weight excluding hydrogens is 218 g/mol. The van der Waals surface area contributed by atoms with Crippen molar-refractivity contribution in [2.24, 2.45) is 5.84 Å². The molecule has 1 aliphatic heterocycles. The molecule has 0 radical (unpaired) electrons. The molecule has 1 unspecified atom stereocenters. The molecule has 94 valence electrons. The number of hydrazine groups is 1. The Bertz CT molecular complexity index is 340. The number of rotatable bonds is 5. The average Bonchev–Trinajstić information content (AvgIpc) is 2.40. The summed E-state index contributed by atoms with van der Waals surface area (Å²) in [6.07, 6.45) is 6.71. The second kappa shape index (κ2) is 6.36. The lowest BCUT2D eigenvalue weighted by Crippen LogP contribution is -2.22. The highest BCUT2D eigenvalue weighted by Gasteiger charge is 2.12. The fourth-order valence-electron chi connectivity index (χ4n) is 1.92. The highest BCUT2D eigenvalue weighted by Crippen LogP contribution is 2.15. The maximum atomic E-state index is 5.66. The smallest absolute Gasteiger partial charge is 0.239 e. The summed E-state index contributed by atoms with van der Waals surface area (Å²) in [4.78, 5) is 8.12. The van der Waals surface area contributed by atoms with Crippen LogP contribution in [-0.2, 0) is 4.74 Å². The lowest BCUT2D eigenvalue weighted by Gasteiger charge is -2.22. The lowest BCUT2D eigenvalue weighted by molar-refractivity contribution is 0.0134. The van der Waals surface area contributed by atoms with Crippen LogP contribution < -0.4 is 16.6 Å². The van der Waals surface area contributed by atoms with E-state index in [4.69, 9.17) is 10.6 Å². The predicted molar refractivity (Wildman–Crippen MR) is 66.5 cm³/mol. The summed E-state index contributed by atoms with van der Waals surface area (Å²) in [6, 6.07) is 1.82. The van der Waals surface area contributed by atoms with E-state index in [1.54, 1.807) is 6.20 Å². The van der Waals surface area contributed by atoms with Crippen LogP contribution in [0.4, 0.5) is 11.8 Å². The Kier molecular flexibility index (Phi) is 4.52. The van der Waals surface area contributed by atoms with Crippen LogP contribution in [0.5, 0.6) is 0 Å². The predicted octanol–water partition coefficient (Wildman–Crippen LogP) is 1.13. The van der Waals surface area contributed by atoms with E-state index in [1.807, 2.05) is 6.07 Å². The molecule has 4 N–H and O–H groups in total. The van der Waals surface area contributed by atoms with E-state index in [-0.39, 0.29) is 0 Å². The Labute approximate surface area is 101 Å². The number of hydrogen-bond acceptors (Lipinski definition) is 6. The number of ether oxygens (including phenoxy) is 1. The fourth-order valence-corrected chi connectivity index (χ4v) is 1.92. The Morgan fingerprint density at radius 3 is 3.18 bits per heavy atom. The van der Waals surface area contributed by atoms with Crippen molar-refractivity contribution >= 4 is 11.8 Å². The standard InChI is InChI=1S/C11H19N5O/c12-16-11-14-7-5-10(15-11)13-6-4-9-3-1-2-8-17-9/h5,7,9H,1-4,6,8,12H2,(H2,13,14,15,16). The third kappa shape index (κ3) is 3.83. The van der Waals surface area contributed by atoms with Crippen molar-refractivity contribution in [1.29, 1.82) is 0 Å². The molecule has 1 aliphatic rings. The van der Waals surface area contributed by atoms with E-state index >= 15 is 0 Å². The average molecular weight is 237 g/mol. The molecule has 1 aromatic heterocycles. The van der Waals surface area contributed by atoms with Gasteiger partial charge in [-0.05, 0) is 31.7 Å². The fraction of sp³-hybridized carbons (Fsp3) is 0.636. The van der Waals surface area contributed by atoms with Gasteiger partial charge in [-0.3, -0.25) is 5.43 Å². The molecule has 0 bridgehead atoms. The van der Waals surface area contributed by atoms with Crippen molar-refractivity contribution in [3.8, 4) is 0 Å². The van der Waals surface area contributed by atoms with E-state index in [1.165, 1.54) is 19.3 Å². The van der Waals surface area contributed by atoms with Crippen LogP contribution in [0, 0.1) is 0 Å². The van der Waals surface area contributed by atoms with Gasteiger partial charge in [0.15, 0.2) is 0 Å². The number of hydrogen-bond donors (Lipinski definition) is 3. The van der Waals surface area contributed by atoms with Gasteiger partial charge in [-0.2, -0.15) is 4.98 Å². The maximum absolute atomic E-state index is 5.66. The third-order valence-corrected chi connectivity index (χ3v) is 2.83. The molecule has 1 atom stereocenters. The van der Waals surface area contributed by atoms with Crippen LogP contribution in [0.1, 0.15) is 25.7 Å². The first kappa shape index (κ1) is 12.1. The highest BCUT2D eigenvalue weighted by atomic mass is 16.5. The van der Waals surface area contributed by atoms with E-state index in [0.29, 0.717) is 12.1 Å². The molecule has 1 fully saturated rings. The van der Waals surface area contributed by atoms with Gasteiger partial charge in [0.2, 0.25) is 5.95 Å². The first-order chi connectivity index (χ1) is 8.38. The van der Waals surface area contributed by atoms with Crippen molar-refractivity contribution < 1.29 is 4.74 Å². The SMILES string of the molecule is NNc1nccc(NCCC2CCCCO2)n1. The molecule has 2 heterocycles. The van der Waals surface area contributed by atoms with Crippen LogP contribution in [0.25, 0.3) is 0 Å². The number of nitrogen functional groups attached to an aromatic ring is 1. The number of nitrogens with one attached hydrogen (secondary N) is 2. The van der Waals surface area contributed by atoms with Crippen LogP contribution in [-0.4, -0.2) is 29.2 Å². The van der Waals surface area contributed by atoms with Crippen molar-refractivity contribution in [3.63, 3.8) is 0 Å². The van der Waals surface area contributed by atoms with Crippen LogP contribution in [0.2, 0.25) is 0 Å². The van der Waals surface area contributed by atoms with Gasteiger partial charge in [-0.25, -0.2) is 10.8 Å². The Morgan fingerprint density at radius 2 is 2.41 bits per heavy atom. The van der Waals surface area contributed by atoms with Crippen LogP contribution >= 0.6 is 0 Å². The van der Waals surface area contributed by atoms with Gasteiger partial charge in [0.05, 0.1) is 6.10 Å². The second-order valence-corrected chi connectivity index (χ2v) is 4.11. The Balaban J connectivity index is 1.73. The summed E-state index contributed by atoms with van der Waals surface area (Å²) in [5.74, 6) is 6.44. The monoisotopic (exact) mass is 237 g/mol. The molecular formula is C11H19N5O.